The number of carbonyl (C=O) groups is 1. The van der Waals surface area contributed by atoms with E-state index in [1.807, 2.05) is 0 Å². The summed E-state index contributed by atoms with van der Waals surface area (Å²) < 4.78 is 0. The molecule has 0 spiro atoms. The van der Waals surface area contributed by atoms with E-state index >= 15 is 0 Å². The van der Waals surface area contributed by atoms with Gasteiger partial charge in [0.2, 0.25) is 5.91 Å². The summed E-state index contributed by atoms with van der Waals surface area (Å²) in [6, 6.07) is 8.89. The third kappa shape index (κ3) is 2.47. The summed E-state index contributed by atoms with van der Waals surface area (Å²) in [7, 11) is 0. The minimum atomic E-state index is -0.291. The first kappa shape index (κ1) is 13.6. The quantitative estimate of drug-likeness (QED) is 0.889. The lowest BCUT2D eigenvalue weighted by atomic mass is 9.68. The summed E-state index contributed by atoms with van der Waals surface area (Å²) in [5.74, 6) is -0.0953. The van der Waals surface area contributed by atoms with Crippen LogP contribution in [-0.2, 0) is 11.2 Å². The van der Waals surface area contributed by atoms with Crippen molar-refractivity contribution in [2.24, 2.45) is 11.1 Å². The molecule has 20 heavy (non-hydrogen) atoms. The molecule has 0 aromatic heterocycles. The summed E-state index contributed by atoms with van der Waals surface area (Å²) in [5, 5.41) is 3.59. The molecule has 1 aromatic rings. The Bertz CT molecular complexity index is 492. The molecule has 0 radical (unpaired) electrons. The van der Waals surface area contributed by atoms with Crippen molar-refractivity contribution in [2.75, 3.05) is 6.54 Å². The zero-order chi connectivity index (χ0) is 14.0. The van der Waals surface area contributed by atoms with E-state index in [1.165, 1.54) is 17.5 Å². The molecule has 3 nitrogen and oxygen atoms in total. The van der Waals surface area contributed by atoms with E-state index in [1.54, 1.807) is 0 Å². The van der Waals surface area contributed by atoms with Crippen LogP contribution in [0.25, 0.3) is 0 Å². The van der Waals surface area contributed by atoms with Crippen LogP contribution in [0.4, 0.5) is 0 Å². The van der Waals surface area contributed by atoms with Crippen molar-refractivity contribution in [1.82, 2.24) is 5.32 Å². The molecule has 0 saturated heterocycles. The Kier molecular flexibility index (Phi) is 3.79. The van der Waals surface area contributed by atoms with Crippen LogP contribution in [-0.4, -0.2) is 12.5 Å². The molecular weight excluding hydrogens is 248 g/mol. The molecule has 1 atom stereocenters. The smallest absolute Gasteiger partial charge is 0.223 e. The van der Waals surface area contributed by atoms with Gasteiger partial charge in [-0.15, -0.1) is 0 Å². The molecule has 1 saturated carbocycles. The SMILES string of the molecule is NC(=O)C1(CC2NCCc3ccccc32)CCCCC1. The number of nitrogens with two attached hydrogens (primary N) is 1. The Balaban J connectivity index is 1.85. The lowest BCUT2D eigenvalue weighted by Gasteiger charge is -2.39. The van der Waals surface area contributed by atoms with Crippen LogP contribution in [0.3, 0.4) is 0 Å². The molecule has 3 N–H and O–H groups in total. The van der Waals surface area contributed by atoms with Crippen LogP contribution in [0.15, 0.2) is 24.3 Å². The third-order valence-electron chi connectivity index (χ3n) is 5.14. The van der Waals surface area contributed by atoms with E-state index in [0.717, 1.165) is 45.1 Å². The highest BCUT2D eigenvalue weighted by Gasteiger charge is 2.40. The van der Waals surface area contributed by atoms with Crippen molar-refractivity contribution >= 4 is 5.91 Å². The van der Waals surface area contributed by atoms with Gasteiger partial charge in [0.25, 0.3) is 0 Å². The Morgan fingerprint density at radius 3 is 2.75 bits per heavy atom. The first-order valence-electron chi connectivity index (χ1n) is 7.82. The Morgan fingerprint density at radius 2 is 2.00 bits per heavy atom. The van der Waals surface area contributed by atoms with Gasteiger partial charge < -0.3 is 11.1 Å². The van der Waals surface area contributed by atoms with Crippen LogP contribution >= 0.6 is 0 Å². The summed E-state index contributed by atoms with van der Waals surface area (Å²) in [6.45, 7) is 0.997. The molecule has 1 unspecified atom stereocenters. The minimum Gasteiger partial charge on any atom is -0.369 e. The lowest BCUT2D eigenvalue weighted by molar-refractivity contribution is -0.130. The fourth-order valence-electron chi connectivity index (χ4n) is 3.95. The van der Waals surface area contributed by atoms with Crippen LogP contribution < -0.4 is 11.1 Å². The largest absolute Gasteiger partial charge is 0.369 e. The molecule has 1 heterocycles. The zero-order valence-electron chi connectivity index (χ0n) is 12.0. The maximum Gasteiger partial charge on any atom is 0.223 e. The van der Waals surface area contributed by atoms with Crippen molar-refractivity contribution in [3.63, 3.8) is 0 Å². The second-order valence-electron chi connectivity index (χ2n) is 6.36. The summed E-state index contributed by atoms with van der Waals surface area (Å²) >= 11 is 0. The van der Waals surface area contributed by atoms with E-state index in [-0.39, 0.29) is 17.4 Å². The number of amides is 1. The Labute approximate surface area is 120 Å². The highest BCUT2D eigenvalue weighted by Crippen LogP contribution is 2.43. The van der Waals surface area contributed by atoms with Gasteiger partial charge in [0.05, 0.1) is 5.41 Å². The molecule has 1 aliphatic carbocycles. The number of hydrogen-bond acceptors (Lipinski definition) is 2. The molecule has 1 aromatic carbocycles. The molecule has 1 fully saturated rings. The van der Waals surface area contributed by atoms with E-state index < -0.39 is 0 Å². The van der Waals surface area contributed by atoms with Gasteiger partial charge in [-0.2, -0.15) is 0 Å². The second kappa shape index (κ2) is 5.57. The number of nitrogens with one attached hydrogen (secondary N) is 1. The molecule has 3 rings (SSSR count). The van der Waals surface area contributed by atoms with Gasteiger partial charge in [-0.3, -0.25) is 4.79 Å². The van der Waals surface area contributed by atoms with Gasteiger partial charge in [-0.25, -0.2) is 0 Å². The average Bonchev–Trinajstić information content (AvgIpc) is 2.48. The first-order valence-corrected chi connectivity index (χ1v) is 7.82. The normalized spacial score (nSPS) is 24.9. The van der Waals surface area contributed by atoms with Crippen LogP contribution in [0.1, 0.15) is 55.7 Å². The third-order valence-corrected chi connectivity index (χ3v) is 5.14. The van der Waals surface area contributed by atoms with Gasteiger partial charge in [0.15, 0.2) is 0 Å². The fraction of sp³-hybridized carbons (Fsp3) is 0.588. The van der Waals surface area contributed by atoms with Gasteiger partial charge in [0.1, 0.15) is 0 Å². The van der Waals surface area contributed by atoms with Crippen molar-refractivity contribution in [3.8, 4) is 0 Å². The predicted octanol–water partition coefficient (Wildman–Crippen LogP) is 2.70. The summed E-state index contributed by atoms with van der Waals surface area (Å²) in [5.41, 5.74) is 8.27. The van der Waals surface area contributed by atoms with E-state index in [0.29, 0.717) is 0 Å². The molecule has 1 amide bonds. The van der Waals surface area contributed by atoms with E-state index in [9.17, 15) is 4.79 Å². The number of fused-ring (bicyclic) bond motifs is 1. The number of carbonyl (C=O) groups excluding carboxylic acids is 1. The Morgan fingerprint density at radius 1 is 1.25 bits per heavy atom. The summed E-state index contributed by atoms with van der Waals surface area (Å²) in [6.07, 6.45) is 7.37. The van der Waals surface area contributed by atoms with E-state index in [2.05, 4.69) is 29.6 Å². The van der Waals surface area contributed by atoms with Crippen LogP contribution in [0.5, 0.6) is 0 Å². The molecule has 0 bridgehead atoms. The van der Waals surface area contributed by atoms with Crippen molar-refractivity contribution in [2.45, 2.75) is 51.0 Å². The maximum absolute atomic E-state index is 12.1. The topological polar surface area (TPSA) is 55.1 Å². The number of hydrogen-bond donors (Lipinski definition) is 2. The summed E-state index contributed by atoms with van der Waals surface area (Å²) in [4.78, 5) is 12.1. The van der Waals surface area contributed by atoms with Crippen LogP contribution in [0.2, 0.25) is 0 Å². The molecular formula is C17H24N2O. The first-order chi connectivity index (χ1) is 9.71. The molecule has 2 aliphatic rings. The standard InChI is InChI=1S/C17H24N2O/c18-16(20)17(9-4-1-5-10-17)12-15-14-7-3-2-6-13(14)8-11-19-15/h2-3,6-7,15,19H,1,4-5,8-12H2,(H2,18,20). The van der Waals surface area contributed by atoms with Gasteiger partial charge in [-0.1, -0.05) is 43.5 Å². The van der Waals surface area contributed by atoms with Gasteiger partial charge in [0, 0.05) is 6.04 Å². The monoisotopic (exact) mass is 272 g/mol. The van der Waals surface area contributed by atoms with Crippen LogP contribution in [0, 0.1) is 5.41 Å². The fourth-order valence-corrected chi connectivity index (χ4v) is 3.95. The maximum atomic E-state index is 12.1. The number of primary amides is 1. The number of rotatable bonds is 3. The van der Waals surface area contributed by atoms with Crippen molar-refractivity contribution < 1.29 is 4.79 Å². The lowest BCUT2D eigenvalue weighted by Crippen LogP contribution is -2.43. The predicted molar refractivity (Wildman–Crippen MR) is 80.2 cm³/mol. The van der Waals surface area contributed by atoms with E-state index in [4.69, 9.17) is 5.73 Å². The molecule has 108 valence electrons. The second-order valence-corrected chi connectivity index (χ2v) is 6.36. The minimum absolute atomic E-state index is 0.0953. The molecule has 1 aliphatic heterocycles. The molecule has 3 heteroatoms. The highest BCUT2D eigenvalue weighted by molar-refractivity contribution is 5.81. The van der Waals surface area contributed by atoms with Crippen molar-refractivity contribution in [1.29, 1.82) is 0 Å². The zero-order valence-corrected chi connectivity index (χ0v) is 12.0. The van der Waals surface area contributed by atoms with Crippen molar-refractivity contribution in [3.05, 3.63) is 35.4 Å². The highest BCUT2D eigenvalue weighted by atomic mass is 16.1. The Hall–Kier alpha value is -1.35. The average molecular weight is 272 g/mol. The van der Waals surface area contributed by atoms with Gasteiger partial charge >= 0.3 is 0 Å². The number of benzene rings is 1. The van der Waals surface area contributed by atoms with Gasteiger partial charge in [-0.05, 0) is 43.4 Å².